The summed E-state index contributed by atoms with van der Waals surface area (Å²) in [6.45, 7) is 1.71. The number of aryl methyl sites for hydroxylation is 1. The molecule has 0 spiro atoms. The molecule has 0 aliphatic carbocycles. The Kier molecular flexibility index (Phi) is 3.55. The van der Waals surface area contributed by atoms with Crippen molar-refractivity contribution in [1.82, 2.24) is 4.98 Å². The summed E-state index contributed by atoms with van der Waals surface area (Å²) in [5.74, 6) is 0.426. The van der Waals surface area contributed by atoms with Crippen LogP contribution in [0.15, 0.2) is 63.1 Å². The Hall–Kier alpha value is -2.70. The maximum absolute atomic E-state index is 12.3. The molecule has 4 aromatic rings. The van der Waals surface area contributed by atoms with Crippen molar-refractivity contribution in [3.8, 4) is 0 Å². The molecule has 3 aromatic heterocycles. The molecule has 4 heterocycles. The third kappa shape index (κ3) is 2.41. The van der Waals surface area contributed by atoms with Gasteiger partial charge in [-0.15, -0.1) is 22.7 Å². The molecule has 1 aromatic carbocycles. The Morgan fingerprint density at radius 1 is 1.15 bits per heavy atom. The van der Waals surface area contributed by atoms with Crippen molar-refractivity contribution in [3.63, 3.8) is 0 Å². The zero-order valence-corrected chi connectivity index (χ0v) is 15.5. The van der Waals surface area contributed by atoms with Gasteiger partial charge in [0, 0.05) is 18.4 Å². The van der Waals surface area contributed by atoms with Crippen molar-refractivity contribution in [2.24, 2.45) is 0 Å². The standard InChI is InChI=1S/C20H14N2O2S2/c1-11-21-17-16-13(12-6-3-2-4-7-12)10-14(15-8-5-9-25-15)22-19(16)26-18(17)20(23)24-11/h2-10,13,22H,1H3/t13-/m0/s1. The molecule has 0 saturated heterocycles. The average molecular weight is 378 g/mol. The molecule has 0 unspecified atom stereocenters. The third-order valence-corrected chi connectivity index (χ3v) is 6.45. The predicted molar refractivity (Wildman–Crippen MR) is 107 cm³/mol. The molecular formula is C20H14N2O2S2. The largest absolute Gasteiger partial charge is 0.408 e. The van der Waals surface area contributed by atoms with Crippen LogP contribution < -0.4 is 10.9 Å². The van der Waals surface area contributed by atoms with Crippen molar-refractivity contribution in [1.29, 1.82) is 0 Å². The van der Waals surface area contributed by atoms with Gasteiger partial charge in [-0.05, 0) is 23.1 Å². The molecule has 0 bridgehead atoms. The summed E-state index contributed by atoms with van der Waals surface area (Å²) in [6, 6.07) is 14.5. The van der Waals surface area contributed by atoms with Gasteiger partial charge >= 0.3 is 5.63 Å². The highest BCUT2D eigenvalue weighted by atomic mass is 32.1. The second-order valence-corrected chi connectivity index (χ2v) is 8.08. The Labute approximate surface area is 157 Å². The van der Waals surface area contributed by atoms with E-state index in [4.69, 9.17) is 4.42 Å². The topological polar surface area (TPSA) is 55.1 Å². The summed E-state index contributed by atoms with van der Waals surface area (Å²) < 4.78 is 5.77. The molecule has 26 heavy (non-hydrogen) atoms. The summed E-state index contributed by atoms with van der Waals surface area (Å²) in [5, 5.41) is 6.53. The molecular weight excluding hydrogens is 364 g/mol. The zero-order chi connectivity index (χ0) is 17.7. The first-order chi connectivity index (χ1) is 12.7. The van der Waals surface area contributed by atoms with E-state index in [2.05, 4.69) is 40.0 Å². The van der Waals surface area contributed by atoms with Crippen LogP contribution in [-0.2, 0) is 0 Å². The summed E-state index contributed by atoms with van der Waals surface area (Å²) in [6.07, 6.45) is 2.22. The fourth-order valence-electron chi connectivity index (χ4n) is 3.34. The molecule has 1 aliphatic heterocycles. The second-order valence-electron chi connectivity index (χ2n) is 6.11. The highest BCUT2D eigenvalue weighted by Crippen LogP contribution is 2.46. The van der Waals surface area contributed by atoms with Gasteiger partial charge in [0.25, 0.3) is 0 Å². The normalized spacial score (nSPS) is 16.2. The second kappa shape index (κ2) is 5.93. The molecule has 1 N–H and O–H groups in total. The Balaban J connectivity index is 1.79. The average Bonchev–Trinajstić information content (AvgIpc) is 3.30. The van der Waals surface area contributed by atoms with Gasteiger partial charge in [0.15, 0.2) is 5.89 Å². The van der Waals surface area contributed by atoms with Crippen LogP contribution in [0, 0.1) is 6.92 Å². The highest BCUT2D eigenvalue weighted by molar-refractivity contribution is 7.23. The monoisotopic (exact) mass is 378 g/mol. The van der Waals surface area contributed by atoms with Gasteiger partial charge in [0.2, 0.25) is 0 Å². The molecule has 0 saturated carbocycles. The quantitative estimate of drug-likeness (QED) is 0.520. The lowest BCUT2D eigenvalue weighted by molar-refractivity contribution is 0.468. The van der Waals surface area contributed by atoms with E-state index in [0.717, 1.165) is 21.8 Å². The number of aromatic nitrogens is 1. The molecule has 6 heteroatoms. The third-order valence-electron chi connectivity index (χ3n) is 4.45. The summed E-state index contributed by atoms with van der Waals surface area (Å²) >= 11 is 3.11. The van der Waals surface area contributed by atoms with Gasteiger partial charge in [0.05, 0.1) is 16.1 Å². The van der Waals surface area contributed by atoms with Crippen molar-refractivity contribution in [2.75, 3.05) is 5.32 Å². The molecule has 5 rings (SSSR count). The van der Waals surface area contributed by atoms with Gasteiger partial charge in [0.1, 0.15) is 9.70 Å². The maximum Gasteiger partial charge on any atom is 0.357 e. The smallest absolute Gasteiger partial charge is 0.357 e. The van der Waals surface area contributed by atoms with Crippen molar-refractivity contribution < 1.29 is 4.42 Å². The summed E-state index contributed by atoms with van der Waals surface area (Å²) in [5.41, 5.74) is 3.71. The van der Waals surface area contributed by atoms with E-state index in [-0.39, 0.29) is 11.5 Å². The number of nitrogens with zero attached hydrogens (tertiary/aromatic N) is 1. The van der Waals surface area contributed by atoms with E-state index >= 15 is 0 Å². The van der Waals surface area contributed by atoms with E-state index in [1.54, 1.807) is 18.3 Å². The number of allylic oxidation sites excluding steroid dienone is 1. The van der Waals surface area contributed by atoms with Crippen LogP contribution in [0.1, 0.15) is 27.8 Å². The lowest BCUT2D eigenvalue weighted by atomic mass is 9.89. The van der Waals surface area contributed by atoms with E-state index in [0.29, 0.717) is 10.6 Å². The SMILES string of the molecule is Cc1nc2c3c(sc2c(=O)o1)NC(c1cccs1)=C[C@H]3c1ccccc1. The Morgan fingerprint density at radius 2 is 2.00 bits per heavy atom. The Bertz CT molecular complexity index is 1190. The number of benzene rings is 1. The van der Waals surface area contributed by atoms with Crippen LogP contribution in [-0.4, -0.2) is 4.98 Å². The lowest BCUT2D eigenvalue weighted by Gasteiger charge is -2.23. The molecule has 4 nitrogen and oxygen atoms in total. The fraction of sp³-hybridized carbons (Fsp3) is 0.100. The van der Waals surface area contributed by atoms with E-state index in [1.807, 2.05) is 24.3 Å². The molecule has 128 valence electrons. The van der Waals surface area contributed by atoms with Gasteiger partial charge in [-0.3, -0.25) is 0 Å². The van der Waals surface area contributed by atoms with E-state index in [1.165, 1.54) is 21.8 Å². The minimum Gasteiger partial charge on any atom is -0.408 e. The number of hydrogen-bond acceptors (Lipinski definition) is 6. The molecule has 1 atom stereocenters. The van der Waals surface area contributed by atoms with Gasteiger partial charge in [-0.2, -0.15) is 0 Å². The van der Waals surface area contributed by atoms with Crippen LogP contribution in [0.3, 0.4) is 0 Å². The lowest BCUT2D eigenvalue weighted by Crippen LogP contribution is -2.11. The first-order valence-electron chi connectivity index (χ1n) is 8.22. The first-order valence-corrected chi connectivity index (χ1v) is 9.92. The van der Waals surface area contributed by atoms with Gasteiger partial charge in [-0.25, -0.2) is 9.78 Å². The first kappa shape index (κ1) is 15.5. The van der Waals surface area contributed by atoms with Crippen molar-refractivity contribution in [2.45, 2.75) is 12.8 Å². The van der Waals surface area contributed by atoms with Gasteiger partial charge in [-0.1, -0.05) is 36.4 Å². The number of thiophene rings is 2. The van der Waals surface area contributed by atoms with Crippen LogP contribution in [0.4, 0.5) is 5.00 Å². The maximum atomic E-state index is 12.3. The molecule has 1 aliphatic rings. The molecule has 0 fully saturated rings. The molecule has 0 radical (unpaired) electrons. The Morgan fingerprint density at radius 3 is 2.77 bits per heavy atom. The van der Waals surface area contributed by atoms with E-state index < -0.39 is 0 Å². The molecule has 0 amide bonds. The van der Waals surface area contributed by atoms with Crippen LogP contribution in [0.2, 0.25) is 0 Å². The fourth-order valence-corrected chi connectivity index (χ4v) is 5.12. The number of anilines is 1. The van der Waals surface area contributed by atoms with Crippen molar-refractivity contribution in [3.05, 3.63) is 86.2 Å². The number of rotatable bonds is 2. The van der Waals surface area contributed by atoms with Crippen LogP contribution >= 0.6 is 22.7 Å². The number of fused-ring (bicyclic) bond motifs is 3. The summed E-state index contributed by atoms with van der Waals surface area (Å²) in [4.78, 5) is 18.1. The minimum atomic E-state index is -0.321. The number of nitrogens with one attached hydrogen (secondary N) is 1. The predicted octanol–water partition coefficient (Wildman–Crippen LogP) is 5.22. The zero-order valence-electron chi connectivity index (χ0n) is 13.9. The minimum absolute atomic E-state index is 0.0343. The van der Waals surface area contributed by atoms with E-state index in [9.17, 15) is 4.79 Å². The van der Waals surface area contributed by atoms with Gasteiger partial charge < -0.3 is 9.73 Å². The highest BCUT2D eigenvalue weighted by Gasteiger charge is 2.29. The summed E-state index contributed by atoms with van der Waals surface area (Å²) in [7, 11) is 0. The van der Waals surface area contributed by atoms with Crippen LogP contribution in [0.25, 0.3) is 15.9 Å². The number of hydrogen-bond donors (Lipinski definition) is 1. The van der Waals surface area contributed by atoms with Crippen LogP contribution in [0.5, 0.6) is 0 Å². The van der Waals surface area contributed by atoms with Crippen molar-refractivity contribution >= 4 is 43.6 Å².